The Hall–Kier alpha value is -0.470. The van der Waals surface area contributed by atoms with Gasteiger partial charge < -0.3 is 5.32 Å². The predicted octanol–water partition coefficient (Wildman–Crippen LogP) is 3.87. The zero-order valence-corrected chi connectivity index (χ0v) is 12.0. The van der Waals surface area contributed by atoms with Crippen molar-refractivity contribution < 1.29 is 0 Å². The molecule has 98 valence electrons. The summed E-state index contributed by atoms with van der Waals surface area (Å²) in [7, 11) is 2.16. The van der Waals surface area contributed by atoms with E-state index in [9.17, 15) is 0 Å². The summed E-state index contributed by atoms with van der Waals surface area (Å²) in [6.07, 6.45) is 8.44. The summed E-state index contributed by atoms with van der Waals surface area (Å²) in [5.74, 6) is 0.899. The highest BCUT2D eigenvalue weighted by Crippen LogP contribution is 2.41. The molecule has 0 aromatic heterocycles. The molecule has 1 aliphatic heterocycles. The van der Waals surface area contributed by atoms with E-state index in [-0.39, 0.29) is 0 Å². The fourth-order valence-corrected chi connectivity index (χ4v) is 5.18. The molecule has 1 nitrogen and oxygen atoms in total. The zero-order chi connectivity index (χ0) is 12.4. The summed E-state index contributed by atoms with van der Waals surface area (Å²) in [6.45, 7) is 0. The molecule has 18 heavy (non-hydrogen) atoms. The summed E-state index contributed by atoms with van der Waals surface area (Å²) in [4.78, 5) is 1.51. The van der Waals surface area contributed by atoms with Crippen molar-refractivity contribution in [3.63, 3.8) is 0 Å². The third-order valence-corrected chi connectivity index (χ3v) is 5.98. The van der Waals surface area contributed by atoms with E-state index in [4.69, 9.17) is 0 Å². The molecule has 0 saturated heterocycles. The van der Waals surface area contributed by atoms with Crippen LogP contribution in [0.2, 0.25) is 0 Å². The van der Waals surface area contributed by atoms with Crippen LogP contribution in [0.4, 0.5) is 0 Å². The van der Waals surface area contributed by atoms with Crippen LogP contribution in [0, 0.1) is 5.92 Å². The van der Waals surface area contributed by atoms with Gasteiger partial charge in [-0.1, -0.05) is 37.5 Å². The molecule has 0 amide bonds. The van der Waals surface area contributed by atoms with Gasteiger partial charge in [0.05, 0.1) is 0 Å². The number of hydrogen-bond acceptors (Lipinski definition) is 2. The normalized spacial score (nSPS) is 25.9. The number of nitrogens with one attached hydrogen (secondary N) is 1. The summed E-state index contributed by atoms with van der Waals surface area (Å²) >= 11 is 2.10. The maximum absolute atomic E-state index is 3.63. The third kappa shape index (κ3) is 2.46. The fraction of sp³-hybridized carbons (Fsp3) is 0.625. The highest BCUT2D eigenvalue weighted by atomic mass is 32.2. The van der Waals surface area contributed by atoms with E-state index in [2.05, 4.69) is 48.4 Å². The first kappa shape index (κ1) is 12.6. The molecular formula is C16H23NS. The van der Waals surface area contributed by atoms with Crippen molar-refractivity contribution in [1.82, 2.24) is 5.32 Å². The average Bonchev–Trinajstić information content (AvgIpc) is 2.84. The average molecular weight is 261 g/mol. The van der Waals surface area contributed by atoms with Crippen LogP contribution < -0.4 is 5.32 Å². The van der Waals surface area contributed by atoms with Crippen molar-refractivity contribution in [2.45, 2.75) is 54.7 Å². The van der Waals surface area contributed by atoms with Crippen LogP contribution in [0.5, 0.6) is 0 Å². The van der Waals surface area contributed by atoms with E-state index in [0.29, 0.717) is 6.04 Å². The second-order valence-corrected chi connectivity index (χ2v) is 6.96. The maximum atomic E-state index is 3.63. The fourth-order valence-electron chi connectivity index (χ4n) is 3.63. The first-order valence-corrected chi connectivity index (χ1v) is 8.18. The molecule has 2 aliphatic rings. The van der Waals surface area contributed by atoms with Gasteiger partial charge in [0.25, 0.3) is 0 Å². The number of hydrogen-bond donors (Lipinski definition) is 1. The quantitative estimate of drug-likeness (QED) is 0.886. The largest absolute Gasteiger partial charge is 0.316 e. The molecule has 0 radical (unpaired) electrons. The zero-order valence-electron chi connectivity index (χ0n) is 11.2. The highest BCUT2D eigenvalue weighted by molar-refractivity contribution is 8.00. The minimum atomic E-state index is 0.697. The molecule has 1 fully saturated rings. The molecule has 2 unspecified atom stereocenters. The lowest BCUT2D eigenvalue weighted by atomic mass is 9.81. The monoisotopic (exact) mass is 261 g/mol. The lowest BCUT2D eigenvalue weighted by Crippen LogP contribution is -2.42. The minimum Gasteiger partial charge on any atom is -0.316 e. The Morgan fingerprint density at radius 2 is 1.94 bits per heavy atom. The van der Waals surface area contributed by atoms with Crippen LogP contribution in [0.15, 0.2) is 29.2 Å². The first-order valence-electron chi connectivity index (χ1n) is 7.30. The van der Waals surface area contributed by atoms with Crippen LogP contribution >= 0.6 is 11.8 Å². The molecule has 1 aliphatic carbocycles. The van der Waals surface area contributed by atoms with Gasteiger partial charge >= 0.3 is 0 Å². The van der Waals surface area contributed by atoms with E-state index < -0.39 is 0 Å². The summed E-state index contributed by atoms with van der Waals surface area (Å²) in [5.41, 5.74) is 1.56. The van der Waals surface area contributed by atoms with Gasteiger partial charge in [-0.15, -0.1) is 11.8 Å². The Morgan fingerprint density at radius 3 is 2.67 bits per heavy atom. The molecule has 1 aromatic carbocycles. The Kier molecular flexibility index (Phi) is 3.95. The van der Waals surface area contributed by atoms with Gasteiger partial charge in [-0.25, -0.2) is 0 Å². The topological polar surface area (TPSA) is 12.0 Å². The number of rotatable bonds is 3. The second-order valence-electron chi connectivity index (χ2n) is 5.68. The Labute approximate surface area is 115 Å². The molecule has 2 atom stereocenters. The van der Waals surface area contributed by atoms with Crippen molar-refractivity contribution in [3.05, 3.63) is 29.8 Å². The van der Waals surface area contributed by atoms with Crippen LogP contribution in [0.1, 0.15) is 37.7 Å². The minimum absolute atomic E-state index is 0.697. The highest BCUT2D eigenvalue weighted by Gasteiger charge is 2.33. The second kappa shape index (κ2) is 5.66. The summed E-state index contributed by atoms with van der Waals surface area (Å²) in [5, 5.41) is 4.37. The van der Waals surface area contributed by atoms with Crippen LogP contribution in [0.3, 0.4) is 0 Å². The number of benzene rings is 1. The van der Waals surface area contributed by atoms with Gasteiger partial charge in [0.15, 0.2) is 0 Å². The van der Waals surface area contributed by atoms with Crippen LogP contribution in [0.25, 0.3) is 0 Å². The first-order chi connectivity index (χ1) is 8.88. The van der Waals surface area contributed by atoms with Gasteiger partial charge in [-0.05, 0) is 43.9 Å². The molecule has 3 rings (SSSR count). The van der Waals surface area contributed by atoms with E-state index in [1.807, 2.05) is 0 Å². The molecule has 1 heterocycles. The van der Waals surface area contributed by atoms with Crippen molar-refractivity contribution in [3.8, 4) is 0 Å². The standard InChI is InChI=1S/C16H23NS/c1-17-16(12-7-3-2-4-8-12)15-11-13-9-5-6-10-14(13)18-15/h5-6,9-10,12,15-17H,2-4,7-8,11H2,1H3. The number of thioether (sulfide) groups is 1. The summed E-state index contributed by atoms with van der Waals surface area (Å²) in [6, 6.07) is 9.63. The Morgan fingerprint density at radius 1 is 1.17 bits per heavy atom. The van der Waals surface area contributed by atoms with E-state index in [1.54, 1.807) is 5.56 Å². The molecule has 1 saturated carbocycles. The number of fused-ring (bicyclic) bond motifs is 1. The van der Waals surface area contributed by atoms with Crippen molar-refractivity contribution >= 4 is 11.8 Å². The third-order valence-electron chi connectivity index (χ3n) is 4.56. The molecule has 1 N–H and O–H groups in total. The maximum Gasteiger partial charge on any atom is 0.0291 e. The van der Waals surface area contributed by atoms with Crippen molar-refractivity contribution in [1.29, 1.82) is 0 Å². The van der Waals surface area contributed by atoms with Crippen molar-refractivity contribution in [2.24, 2.45) is 5.92 Å². The van der Waals surface area contributed by atoms with E-state index >= 15 is 0 Å². The molecular weight excluding hydrogens is 238 g/mol. The lowest BCUT2D eigenvalue weighted by Gasteiger charge is -2.33. The molecule has 0 spiro atoms. The Balaban J connectivity index is 1.71. The smallest absolute Gasteiger partial charge is 0.0291 e. The van der Waals surface area contributed by atoms with E-state index in [0.717, 1.165) is 11.2 Å². The van der Waals surface area contributed by atoms with Crippen LogP contribution in [-0.2, 0) is 6.42 Å². The SMILES string of the molecule is CNC(C1CCCCC1)C1Cc2ccccc2S1. The van der Waals surface area contributed by atoms with Gasteiger partial charge in [0.2, 0.25) is 0 Å². The van der Waals surface area contributed by atoms with Crippen LogP contribution in [-0.4, -0.2) is 18.3 Å². The molecule has 2 heteroatoms. The van der Waals surface area contributed by atoms with Gasteiger partial charge in [0, 0.05) is 16.2 Å². The lowest BCUT2D eigenvalue weighted by molar-refractivity contribution is 0.273. The molecule has 1 aromatic rings. The van der Waals surface area contributed by atoms with Gasteiger partial charge in [-0.3, -0.25) is 0 Å². The van der Waals surface area contributed by atoms with Gasteiger partial charge in [-0.2, -0.15) is 0 Å². The van der Waals surface area contributed by atoms with Crippen molar-refractivity contribution in [2.75, 3.05) is 7.05 Å². The Bertz CT molecular complexity index is 373. The van der Waals surface area contributed by atoms with Gasteiger partial charge in [0.1, 0.15) is 0 Å². The predicted molar refractivity (Wildman–Crippen MR) is 79.2 cm³/mol. The van der Waals surface area contributed by atoms with E-state index in [1.165, 1.54) is 43.4 Å². The molecule has 0 bridgehead atoms. The summed E-state index contributed by atoms with van der Waals surface area (Å²) < 4.78 is 0.